The molecule has 2 aromatic rings. The predicted octanol–water partition coefficient (Wildman–Crippen LogP) is 2.94. The van der Waals surface area contributed by atoms with E-state index in [9.17, 15) is 14.9 Å². The number of rotatable bonds is 4. The van der Waals surface area contributed by atoms with Crippen molar-refractivity contribution >= 4 is 17.7 Å². The van der Waals surface area contributed by atoms with Crippen LogP contribution in [0.1, 0.15) is 5.56 Å². The number of ether oxygens (including phenoxy) is 3. The van der Waals surface area contributed by atoms with Gasteiger partial charge in [0.25, 0.3) is 5.69 Å². The number of nitrogens with zero attached hydrogens (tertiary/aromatic N) is 1. The highest BCUT2D eigenvalue weighted by Gasteiger charge is 2.14. The second-order valence-electron chi connectivity index (χ2n) is 4.62. The van der Waals surface area contributed by atoms with Gasteiger partial charge < -0.3 is 14.2 Å². The summed E-state index contributed by atoms with van der Waals surface area (Å²) in [6.07, 6.45) is 2.64. The molecule has 0 N–H and O–H groups in total. The van der Waals surface area contributed by atoms with E-state index in [1.54, 1.807) is 30.3 Å². The van der Waals surface area contributed by atoms with Crippen molar-refractivity contribution in [1.82, 2.24) is 0 Å². The molecule has 1 aliphatic heterocycles. The minimum Gasteiger partial charge on any atom is -0.454 e. The Hall–Kier alpha value is -3.35. The lowest BCUT2D eigenvalue weighted by Gasteiger charge is -2.02. The number of hydrogen-bond donors (Lipinski definition) is 0. The van der Waals surface area contributed by atoms with Crippen LogP contribution < -0.4 is 14.2 Å². The summed E-state index contributed by atoms with van der Waals surface area (Å²) in [7, 11) is 0. The van der Waals surface area contributed by atoms with Crippen molar-refractivity contribution in [1.29, 1.82) is 0 Å². The summed E-state index contributed by atoms with van der Waals surface area (Å²) in [5.41, 5.74) is 0.484. The number of hydrogen-bond acceptors (Lipinski definition) is 6. The SMILES string of the molecule is O=C(/C=C/c1cccc([N+](=O)[O-])c1)Oc1ccc2c(c1)OCO2. The lowest BCUT2D eigenvalue weighted by Crippen LogP contribution is -2.03. The molecule has 7 heteroatoms. The number of carbonyl (C=O) groups is 1. The highest BCUT2D eigenvalue weighted by atomic mass is 16.7. The molecule has 0 fully saturated rings. The maximum Gasteiger partial charge on any atom is 0.336 e. The second-order valence-corrected chi connectivity index (χ2v) is 4.62. The van der Waals surface area contributed by atoms with Gasteiger partial charge in [-0.3, -0.25) is 10.1 Å². The minimum atomic E-state index is -0.602. The number of fused-ring (bicyclic) bond motifs is 1. The first-order valence-electron chi connectivity index (χ1n) is 6.66. The number of nitro benzene ring substituents is 1. The normalized spacial score (nSPS) is 12.3. The van der Waals surface area contributed by atoms with E-state index >= 15 is 0 Å². The third-order valence-electron chi connectivity index (χ3n) is 3.06. The van der Waals surface area contributed by atoms with Crippen molar-refractivity contribution < 1.29 is 23.9 Å². The summed E-state index contributed by atoms with van der Waals surface area (Å²) in [6, 6.07) is 10.7. The van der Waals surface area contributed by atoms with Crippen molar-refractivity contribution in [3.8, 4) is 17.2 Å². The highest BCUT2D eigenvalue weighted by molar-refractivity contribution is 5.88. The van der Waals surface area contributed by atoms with Gasteiger partial charge in [0.1, 0.15) is 5.75 Å². The Labute approximate surface area is 130 Å². The molecule has 0 saturated heterocycles. The molecule has 7 nitrogen and oxygen atoms in total. The molecule has 0 amide bonds. The van der Waals surface area contributed by atoms with Crippen molar-refractivity contribution in [2.24, 2.45) is 0 Å². The van der Waals surface area contributed by atoms with Gasteiger partial charge in [0.2, 0.25) is 6.79 Å². The zero-order valence-corrected chi connectivity index (χ0v) is 11.8. The molecule has 23 heavy (non-hydrogen) atoms. The lowest BCUT2D eigenvalue weighted by molar-refractivity contribution is -0.384. The van der Waals surface area contributed by atoms with Crippen LogP contribution in [0.3, 0.4) is 0 Å². The number of nitro groups is 1. The molecular weight excluding hydrogens is 302 g/mol. The van der Waals surface area contributed by atoms with E-state index in [0.717, 1.165) is 0 Å². The van der Waals surface area contributed by atoms with Gasteiger partial charge in [-0.1, -0.05) is 12.1 Å². The van der Waals surface area contributed by atoms with Gasteiger partial charge in [0, 0.05) is 24.3 Å². The van der Waals surface area contributed by atoms with E-state index < -0.39 is 10.9 Å². The predicted molar refractivity (Wildman–Crippen MR) is 80.3 cm³/mol. The van der Waals surface area contributed by atoms with Crippen LogP contribution in [-0.4, -0.2) is 17.7 Å². The standard InChI is InChI=1S/C16H11NO6/c18-16(7-4-11-2-1-3-12(8-11)17(19)20)23-13-5-6-14-15(9-13)22-10-21-14/h1-9H,10H2/b7-4+. The summed E-state index contributed by atoms with van der Waals surface area (Å²) in [4.78, 5) is 22.0. The van der Waals surface area contributed by atoms with Crippen LogP contribution in [0.5, 0.6) is 17.2 Å². The van der Waals surface area contributed by atoms with Crippen LogP contribution in [0.25, 0.3) is 6.08 Å². The molecule has 0 aliphatic carbocycles. The van der Waals surface area contributed by atoms with Crippen molar-refractivity contribution in [2.45, 2.75) is 0 Å². The summed E-state index contributed by atoms with van der Waals surface area (Å²) < 4.78 is 15.5. The third kappa shape index (κ3) is 3.46. The molecule has 0 spiro atoms. The topological polar surface area (TPSA) is 87.9 Å². The maximum absolute atomic E-state index is 11.8. The molecule has 0 radical (unpaired) electrons. The number of esters is 1. The van der Waals surface area contributed by atoms with Crippen LogP contribution in [0.4, 0.5) is 5.69 Å². The molecule has 0 aromatic heterocycles. The molecular formula is C16H11NO6. The largest absolute Gasteiger partial charge is 0.454 e. The number of non-ortho nitro benzene ring substituents is 1. The van der Waals surface area contributed by atoms with Crippen molar-refractivity contribution in [3.05, 3.63) is 64.2 Å². The van der Waals surface area contributed by atoms with E-state index in [-0.39, 0.29) is 12.5 Å². The maximum atomic E-state index is 11.8. The van der Waals surface area contributed by atoms with Crippen LogP contribution in [0.15, 0.2) is 48.5 Å². The second kappa shape index (κ2) is 6.18. The molecule has 1 heterocycles. The van der Waals surface area contributed by atoms with Crippen LogP contribution in [0, 0.1) is 10.1 Å². The molecule has 0 atom stereocenters. The first-order valence-corrected chi connectivity index (χ1v) is 6.66. The summed E-state index contributed by atoms with van der Waals surface area (Å²) in [5, 5.41) is 10.7. The van der Waals surface area contributed by atoms with E-state index in [2.05, 4.69) is 0 Å². The first-order chi connectivity index (χ1) is 11.1. The smallest absolute Gasteiger partial charge is 0.336 e. The fourth-order valence-electron chi connectivity index (χ4n) is 2.00. The zero-order chi connectivity index (χ0) is 16.2. The van der Waals surface area contributed by atoms with Gasteiger partial charge in [-0.25, -0.2) is 4.79 Å². The van der Waals surface area contributed by atoms with Crippen LogP contribution in [0.2, 0.25) is 0 Å². The quantitative estimate of drug-likeness (QED) is 0.283. The Morgan fingerprint density at radius 2 is 2.00 bits per heavy atom. The fraction of sp³-hybridized carbons (Fsp3) is 0.0625. The van der Waals surface area contributed by atoms with Gasteiger partial charge in [-0.05, 0) is 23.8 Å². The summed E-state index contributed by atoms with van der Waals surface area (Å²) >= 11 is 0. The van der Waals surface area contributed by atoms with Gasteiger partial charge in [-0.2, -0.15) is 0 Å². The Balaban J connectivity index is 1.67. The average molecular weight is 313 g/mol. The number of carbonyl (C=O) groups excluding carboxylic acids is 1. The molecule has 0 unspecified atom stereocenters. The van der Waals surface area contributed by atoms with Crippen LogP contribution in [-0.2, 0) is 4.79 Å². The third-order valence-corrected chi connectivity index (χ3v) is 3.06. The fourth-order valence-corrected chi connectivity index (χ4v) is 2.00. The highest BCUT2D eigenvalue weighted by Crippen LogP contribution is 2.35. The first kappa shape index (κ1) is 14.6. The molecule has 0 saturated carbocycles. The molecule has 1 aliphatic rings. The van der Waals surface area contributed by atoms with Gasteiger partial charge in [-0.15, -0.1) is 0 Å². The Kier molecular flexibility index (Phi) is 3.92. The monoisotopic (exact) mass is 313 g/mol. The Bertz CT molecular complexity index is 799. The lowest BCUT2D eigenvalue weighted by atomic mass is 10.2. The summed E-state index contributed by atoms with van der Waals surface area (Å²) in [5.74, 6) is 0.827. The van der Waals surface area contributed by atoms with Crippen molar-refractivity contribution in [3.63, 3.8) is 0 Å². The van der Waals surface area contributed by atoms with E-state index in [0.29, 0.717) is 22.8 Å². The van der Waals surface area contributed by atoms with Gasteiger partial charge in [0.05, 0.1) is 4.92 Å². The summed E-state index contributed by atoms with van der Waals surface area (Å²) in [6.45, 7) is 0.138. The van der Waals surface area contributed by atoms with Crippen molar-refractivity contribution in [2.75, 3.05) is 6.79 Å². The van der Waals surface area contributed by atoms with E-state index in [1.807, 2.05) is 0 Å². The van der Waals surface area contributed by atoms with E-state index in [4.69, 9.17) is 14.2 Å². The van der Waals surface area contributed by atoms with Crippen LogP contribution >= 0.6 is 0 Å². The van der Waals surface area contributed by atoms with E-state index in [1.165, 1.54) is 24.3 Å². The molecule has 2 aromatic carbocycles. The minimum absolute atomic E-state index is 0.0451. The molecule has 116 valence electrons. The number of benzene rings is 2. The Morgan fingerprint density at radius 3 is 2.83 bits per heavy atom. The average Bonchev–Trinajstić information content (AvgIpc) is 3.01. The van der Waals surface area contributed by atoms with Gasteiger partial charge in [0.15, 0.2) is 11.5 Å². The Morgan fingerprint density at radius 1 is 1.17 bits per heavy atom. The molecule has 0 bridgehead atoms. The molecule has 3 rings (SSSR count). The zero-order valence-electron chi connectivity index (χ0n) is 11.8. The van der Waals surface area contributed by atoms with Gasteiger partial charge >= 0.3 is 5.97 Å².